The molecular formula is C10H18O. The lowest BCUT2D eigenvalue weighted by molar-refractivity contribution is 0.289. The molecule has 1 N–H and O–H groups in total. The first kappa shape index (κ1) is 10.4. The van der Waals surface area contributed by atoms with E-state index in [0.717, 1.165) is 19.3 Å². The minimum Gasteiger partial charge on any atom is -0.396 e. The highest BCUT2D eigenvalue weighted by Crippen LogP contribution is 1.92. The van der Waals surface area contributed by atoms with Crippen LogP contribution in [-0.4, -0.2) is 11.7 Å². The first-order valence-corrected chi connectivity index (χ1v) is 4.34. The third-order valence-electron chi connectivity index (χ3n) is 1.37. The number of rotatable bonds is 6. The van der Waals surface area contributed by atoms with Gasteiger partial charge in [0.2, 0.25) is 0 Å². The molecule has 0 amide bonds. The standard InChI is InChI=1S/C10H18O/c1-2-3-4-5-6-7-8-9-10-11/h4-7,11H,2-3,8-10H2,1H3. The van der Waals surface area contributed by atoms with E-state index in [2.05, 4.69) is 25.2 Å². The highest BCUT2D eigenvalue weighted by atomic mass is 16.2. The number of unbranched alkanes of at least 4 members (excludes halogenated alkanes) is 2. The molecular weight excluding hydrogens is 136 g/mol. The minimum atomic E-state index is 0.295. The molecule has 0 aliphatic rings. The second-order valence-electron chi connectivity index (χ2n) is 2.51. The smallest absolute Gasteiger partial charge is 0.0433 e. The van der Waals surface area contributed by atoms with Gasteiger partial charge in [-0.3, -0.25) is 0 Å². The normalized spacial score (nSPS) is 11.8. The van der Waals surface area contributed by atoms with Gasteiger partial charge >= 0.3 is 0 Å². The minimum absolute atomic E-state index is 0.295. The van der Waals surface area contributed by atoms with Crippen molar-refractivity contribution < 1.29 is 5.11 Å². The summed E-state index contributed by atoms with van der Waals surface area (Å²) in [6.07, 6.45) is 12.6. The maximum Gasteiger partial charge on any atom is 0.0433 e. The Morgan fingerprint density at radius 2 is 1.73 bits per heavy atom. The fourth-order valence-electron chi connectivity index (χ4n) is 0.725. The topological polar surface area (TPSA) is 20.2 Å². The van der Waals surface area contributed by atoms with Crippen LogP contribution in [0, 0.1) is 0 Å². The molecule has 0 aliphatic carbocycles. The molecule has 0 radical (unpaired) electrons. The van der Waals surface area contributed by atoms with Gasteiger partial charge in [0.25, 0.3) is 0 Å². The molecule has 0 unspecified atom stereocenters. The van der Waals surface area contributed by atoms with Crippen molar-refractivity contribution in [2.45, 2.75) is 32.6 Å². The summed E-state index contributed by atoms with van der Waals surface area (Å²) in [5, 5.41) is 8.46. The van der Waals surface area contributed by atoms with Crippen LogP contribution in [0.15, 0.2) is 24.3 Å². The Bertz CT molecular complexity index is 114. The van der Waals surface area contributed by atoms with Crippen molar-refractivity contribution in [2.24, 2.45) is 0 Å². The van der Waals surface area contributed by atoms with Gasteiger partial charge in [-0.05, 0) is 19.3 Å². The lowest BCUT2D eigenvalue weighted by Gasteiger charge is -1.85. The maximum absolute atomic E-state index is 8.46. The van der Waals surface area contributed by atoms with Crippen LogP contribution >= 0.6 is 0 Å². The van der Waals surface area contributed by atoms with Gasteiger partial charge in [0.15, 0.2) is 0 Å². The van der Waals surface area contributed by atoms with E-state index in [0.29, 0.717) is 6.61 Å². The van der Waals surface area contributed by atoms with Gasteiger partial charge in [0, 0.05) is 6.61 Å². The number of allylic oxidation sites excluding steroid dienone is 4. The van der Waals surface area contributed by atoms with Crippen molar-refractivity contribution in [3.63, 3.8) is 0 Å². The first-order valence-electron chi connectivity index (χ1n) is 4.34. The highest BCUT2D eigenvalue weighted by molar-refractivity contribution is 5.01. The molecule has 0 spiro atoms. The molecule has 1 nitrogen and oxygen atoms in total. The summed E-state index contributed by atoms with van der Waals surface area (Å²) in [5.41, 5.74) is 0. The van der Waals surface area contributed by atoms with Gasteiger partial charge in [0.05, 0.1) is 0 Å². The van der Waals surface area contributed by atoms with E-state index in [9.17, 15) is 0 Å². The van der Waals surface area contributed by atoms with Crippen LogP contribution in [0.25, 0.3) is 0 Å². The molecule has 0 saturated heterocycles. The Kier molecular flexibility index (Phi) is 8.96. The summed E-state index contributed by atoms with van der Waals surface area (Å²) in [7, 11) is 0. The zero-order valence-electron chi connectivity index (χ0n) is 7.29. The predicted molar refractivity (Wildman–Crippen MR) is 49.5 cm³/mol. The summed E-state index contributed by atoms with van der Waals surface area (Å²) >= 11 is 0. The van der Waals surface area contributed by atoms with E-state index in [1.54, 1.807) is 0 Å². The molecule has 0 saturated carbocycles. The predicted octanol–water partition coefficient (Wildman–Crippen LogP) is 2.67. The third-order valence-corrected chi connectivity index (χ3v) is 1.37. The zero-order valence-corrected chi connectivity index (χ0v) is 7.29. The van der Waals surface area contributed by atoms with Crippen LogP contribution < -0.4 is 0 Å². The number of hydrogen-bond acceptors (Lipinski definition) is 1. The van der Waals surface area contributed by atoms with E-state index in [1.807, 2.05) is 6.08 Å². The summed E-state index contributed by atoms with van der Waals surface area (Å²) in [5.74, 6) is 0. The fraction of sp³-hybridized carbons (Fsp3) is 0.600. The van der Waals surface area contributed by atoms with E-state index < -0.39 is 0 Å². The van der Waals surface area contributed by atoms with Crippen molar-refractivity contribution in [3.8, 4) is 0 Å². The second-order valence-corrected chi connectivity index (χ2v) is 2.51. The molecule has 1 heteroatoms. The molecule has 0 fully saturated rings. The van der Waals surface area contributed by atoms with Gasteiger partial charge in [-0.1, -0.05) is 37.6 Å². The monoisotopic (exact) mass is 154 g/mol. The molecule has 11 heavy (non-hydrogen) atoms. The summed E-state index contributed by atoms with van der Waals surface area (Å²) in [6.45, 7) is 2.46. The van der Waals surface area contributed by atoms with Crippen LogP contribution in [0.5, 0.6) is 0 Å². The van der Waals surface area contributed by atoms with Crippen molar-refractivity contribution in [1.82, 2.24) is 0 Å². The maximum atomic E-state index is 8.46. The largest absolute Gasteiger partial charge is 0.396 e. The van der Waals surface area contributed by atoms with Gasteiger partial charge in [0.1, 0.15) is 0 Å². The van der Waals surface area contributed by atoms with E-state index in [-0.39, 0.29) is 0 Å². The molecule has 0 rings (SSSR count). The number of aliphatic hydroxyl groups excluding tert-OH is 1. The van der Waals surface area contributed by atoms with Gasteiger partial charge in [-0.25, -0.2) is 0 Å². The summed E-state index contributed by atoms with van der Waals surface area (Å²) in [6, 6.07) is 0. The number of hydrogen-bond donors (Lipinski definition) is 1. The number of aliphatic hydroxyl groups is 1. The Balaban J connectivity index is 3.14. The summed E-state index contributed by atoms with van der Waals surface area (Å²) in [4.78, 5) is 0. The van der Waals surface area contributed by atoms with E-state index in [4.69, 9.17) is 5.11 Å². The van der Waals surface area contributed by atoms with Gasteiger partial charge in [-0.15, -0.1) is 0 Å². The molecule has 0 aromatic carbocycles. The van der Waals surface area contributed by atoms with Crippen LogP contribution in [0.1, 0.15) is 32.6 Å². The molecule has 0 aliphatic heterocycles. The van der Waals surface area contributed by atoms with Crippen molar-refractivity contribution in [2.75, 3.05) is 6.61 Å². The average molecular weight is 154 g/mol. The zero-order chi connectivity index (χ0) is 8.36. The Labute approximate surface area is 69.4 Å². The molecule has 0 aromatic rings. The third kappa shape index (κ3) is 9.44. The van der Waals surface area contributed by atoms with Crippen molar-refractivity contribution >= 4 is 0 Å². The van der Waals surface area contributed by atoms with Crippen molar-refractivity contribution in [1.29, 1.82) is 0 Å². The summed E-state index contributed by atoms with van der Waals surface area (Å²) < 4.78 is 0. The first-order chi connectivity index (χ1) is 5.41. The van der Waals surface area contributed by atoms with Crippen LogP contribution in [-0.2, 0) is 0 Å². The van der Waals surface area contributed by atoms with Crippen molar-refractivity contribution in [3.05, 3.63) is 24.3 Å². The van der Waals surface area contributed by atoms with Gasteiger partial charge in [-0.2, -0.15) is 0 Å². The Morgan fingerprint density at radius 1 is 1.09 bits per heavy atom. The van der Waals surface area contributed by atoms with Crippen LogP contribution in [0.4, 0.5) is 0 Å². The highest BCUT2D eigenvalue weighted by Gasteiger charge is 1.76. The SMILES string of the molecule is CCCC=CC=CCCCO. The lowest BCUT2D eigenvalue weighted by Crippen LogP contribution is -1.77. The van der Waals surface area contributed by atoms with E-state index in [1.165, 1.54) is 6.42 Å². The Morgan fingerprint density at radius 3 is 2.27 bits per heavy atom. The fourth-order valence-corrected chi connectivity index (χ4v) is 0.725. The van der Waals surface area contributed by atoms with Crippen LogP contribution in [0.3, 0.4) is 0 Å². The average Bonchev–Trinajstić information content (AvgIpc) is 2.03. The molecule has 0 aromatic heterocycles. The quantitative estimate of drug-likeness (QED) is 0.460. The molecule has 0 atom stereocenters. The second kappa shape index (κ2) is 9.44. The molecule has 64 valence electrons. The molecule has 0 bridgehead atoms. The molecule has 0 heterocycles. The van der Waals surface area contributed by atoms with E-state index >= 15 is 0 Å². The lowest BCUT2D eigenvalue weighted by atomic mass is 10.2. The Hall–Kier alpha value is -0.560. The van der Waals surface area contributed by atoms with Crippen LogP contribution in [0.2, 0.25) is 0 Å². The van der Waals surface area contributed by atoms with Gasteiger partial charge < -0.3 is 5.11 Å².